The highest BCUT2D eigenvalue weighted by molar-refractivity contribution is 5.79. The van der Waals surface area contributed by atoms with E-state index in [0.29, 0.717) is 17.9 Å². The van der Waals surface area contributed by atoms with Gasteiger partial charge in [0.1, 0.15) is 6.04 Å². The first kappa shape index (κ1) is 24.2. The maximum absolute atomic E-state index is 13.5. The van der Waals surface area contributed by atoms with Crippen molar-refractivity contribution in [1.82, 2.24) is 35.0 Å². The third-order valence-electron chi connectivity index (χ3n) is 7.32. The lowest BCUT2D eigenvalue weighted by Crippen LogP contribution is -2.48. The Morgan fingerprint density at radius 1 is 0.842 bits per heavy atom. The molecular formula is C30H31N7O. The van der Waals surface area contributed by atoms with Gasteiger partial charge < -0.3 is 4.98 Å². The largest absolute Gasteiger partial charge is 0.322 e. The number of nitrogens with one attached hydrogen (secondary N) is 1. The van der Waals surface area contributed by atoms with Crippen LogP contribution in [0.5, 0.6) is 0 Å². The lowest BCUT2D eigenvalue weighted by atomic mass is 10.0. The number of hydrogen-bond donors (Lipinski definition) is 1. The normalized spacial score (nSPS) is 15.6. The Balaban J connectivity index is 1.35. The SMILES string of the molecule is Cc1ccc2[nH]c(=O)c([C@H](c3nnnn3Cc3ccccc3)N3CCN(Cc4ccccc4)CC3)cc2c1. The van der Waals surface area contributed by atoms with Crippen LogP contribution in [0.25, 0.3) is 10.9 Å². The summed E-state index contributed by atoms with van der Waals surface area (Å²) in [5.41, 5.74) is 4.97. The number of piperazine rings is 1. The molecule has 1 atom stereocenters. The summed E-state index contributed by atoms with van der Waals surface area (Å²) in [6.45, 7) is 6.93. The van der Waals surface area contributed by atoms with Crippen molar-refractivity contribution in [2.45, 2.75) is 26.1 Å². The fraction of sp³-hybridized carbons (Fsp3) is 0.267. The van der Waals surface area contributed by atoms with Gasteiger partial charge in [-0.05, 0) is 52.1 Å². The Labute approximate surface area is 221 Å². The van der Waals surface area contributed by atoms with E-state index in [1.54, 1.807) is 0 Å². The van der Waals surface area contributed by atoms with Crippen molar-refractivity contribution in [2.75, 3.05) is 26.2 Å². The summed E-state index contributed by atoms with van der Waals surface area (Å²) in [5, 5.41) is 13.9. The summed E-state index contributed by atoms with van der Waals surface area (Å²) in [6.07, 6.45) is 0. The molecule has 0 spiro atoms. The number of tetrazole rings is 1. The molecule has 8 nitrogen and oxygen atoms in total. The zero-order valence-corrected chi connectivity index (χ0v) is 21.5. The molecule has 5 aromatic rings. The van der Waals surface area contributed by atoms with Crippen molar-refractivity contribution in [3.05, 3.63) is 123 Å². The molecule has 1 fully saturated rings. The van der Waals surface area contributed by atoms with Crippen molar-refractivity contribution in [3.63, 3.8) is 0 Å². The van der Waals surface area contributed by atoms with Gasteiger partial charge in [0.2, 0.25) is 0 Å². The van der Waals surface area contributed by atoms with Crippen LogP contribution in [0.2, 0.25) is 0 Å². The van der Waals surface area contributed by atoms with Crippen LogP contribution in [0.15, 0.2) is 89.7 Å². The summed E-state index contributed by atoms with van der Waals surface area (Å²) in [4.78, 5) is 21.4. The molecule has 0 unspecified atom stereocenters. The van der Waals surface area contributed by atoms with Gasteiger partial charge in [0.05, 0.1) is 6.54 Å². The van der Waals surface area contributed by atoms with Crippen molar-refractivity contribution >= 4 is 10.9 Å². The molecule has 6 rings (SSSR count). The lowest BCUT2D eigenvalue weighted by molar-refractivity contribution is 0.0998. The maximum Gasteiger partial charge on any atom is 0.253 e. The first-order chi connectivity index (χ1) is 18.6. The van der Waals surface area contributed by atoms with Gasteiger partial charge in [0, 0.05) is 43.8 Å². The molecule has 1 aliphatic heterocycles. The second-order valence-electron chi connectivity index (χ2n) is 10.0. The van der Waals surface area contributed by atoms with Gasteiger partial charge in [-0.25, -0.2) is 4.68 Å². The minimum atomic E-state index is -0.360. The highest BCUT2D eigenvalue weighted by Gasteiger charge is 2.32. The molecule has 192 valence electrons. The van der Waals surface area contributed by atoms with Crippen LogP contribution in [-0.4, -0.2) is 61.2 Å². The van der Waals surface area contributed by atoms with Crippen molar-refractivity contribution in [3.8, 4) is 0 Å². The molecular weight excluding hydrogens is 474 g/mol. The first-order valence-corrected chi connectivity index (χ1v) is 13.1. The molecule has 8 heteroatoms. The second kappa shape index (κ2) is 10.7. The smallest absolute Gasteiger partial charge is 0.253 e. The first-order valence-electron chi connectivity index (χ1n) is 13.1. The molecule has 2 aromatic heterocycles. The van der Waals surface area contributed by atoms with E-state index in [1.165, 1.54) is 5.56 Å². The summed E-state index contributed by atoms with van der Waals surface area (Å²) < 4.78 is 1.83. The fourth-order valence-electron chi connectivity index (χ4n) is 5.34. The van der Waals surface area contributed by atoms with Crippen molar-refractivity contribution in [2.24, 2.45) is 0 Å². The molecule has 0 amide bonds. The number of aryl methyl sites for hydroxylation is 1. The number of pyridine rings is 1. The van der Waals surface area contributed by atoms with E-state index in [1.807, 2.05) is 47.1 Å². The van der Waals surface area contributed by atoms with E-state index >= 15 is 0 Å². The van der Waals surface area contributed by atoms with E-state index in [-0.39, 0.29) is 11.6 Å². The second-order valence-corrected chi connectivity index (χ2v) is 10.0. The number of fused-ring (bicyclic) bond motifs is 1. The number of aromatic amines is 1. The zero-order chi connectivity index (χ0) is 25.9. The number of rotatable bonds is 7. The summed E-state index contributed by atoms with van der Waals surface area (Å²) in [7, 11) is 0. The van der Waals surface area contributed by atoms with Crippen LogP contribution in [-0.2, 0) is 13.1 Å². The van der Waals surface area contributed by atoms with E-state index in [9.17, 15) is 4.79 Å². The fourth-order valence-corrected chi connectivity index (χ4v) is 5.34. The van der Waals surface area contributed by atoms with Crippen molar-refractivity contribution in [1.29, 1.82) is 0 Å². The third-order valence-corrected chi connectivity index (χ3v) is 7.32. The number of benzene rings is 3. The van der Waals surface area contributed by atoms with Crippen LogP contribution in [0.4, 0.5) is 0 Å². The van der Waals surface area contributed by atoms with Crippen LogP contribution < -0.4 is 5.56 Å². The predicted molar refractivity (Wildman–Crippen MR) is 148 cm³/mol. The Kier molecular flexibility index (Phi) is 6.81. The summed E-state index contributed by atoms with van der Waals surface area (Å²) >= 11 is 0. The summed E-state index contributed by atoms with van der Waals surface area (Å²) in [6, 6.07) is 28.5. The number of H-pyrrole nitrogens is 1. The molecule has 38 heavy (non-hydrogen) atoms. The predicted octanol–water partition coefficient (Wildman–Crippen LogP) is 3.78. The van der Waals surface area contributed by atoms with E-state index in [0.717, 1.165) is 54.8 Å². The Morgan fingerprint density at radius 3 is 2.24 bits per heavy atom. The lowest BCUT2D eigenvalue weighted by Gasteiger charge is -2.38. The molecule has 0 aliphatic carbocycles. The average Bonchev–Trinajstić information content (AvgIpc) is 3.39. The van der Waals surface area contributed by atoms with E-state index in [4.69, 9.17) is 0 Å². The quantitative estimate of drug-likeness (QED) is 0.363. The molecule has 1 N–H and O–H groups in total. The molecule has 0 bridgehead atoms. The Morgan fingerprint density at radius 2 is 1.53 bits per heavy atom. The van der Waals surface area contributed by atoms with Gasteiger partial charge in [-0.3, -0.25) is 14.6 Å². The van der Waals surface area contributed by atoms with Crippen LogP contribution in [0.1, 0.15) is 34.1 Å². The standard InChI is InChI=1S/C30H31N7O/c1-22-12-13-27-25(18-22)19-26(30(38)31-27)28(29-32-33-34-37(29)21-24-10-6-3-7-11-24)36-16-14-35(15-17-36)20-23-8-4-2-5-9-23/h2-13,18-19,28H,14-17,20-21H2,1H3,(H,31,38)/t28-/m1/s1. The topological polar surface area (TPSA) is 82.9 Å². The molecule has 3 aromatic carbocycles. The number of nitrogens with zero attached hydrogens (tertiary/aromatic N) is 6. The van der Waals surface area contributed by atoms with Crippen LogP contribution in [0.3, 0.4) is 0 Å². The van der Waals surface area contributed by atoms with Gasteiger partial charge in [0.25, 0.3) is 5.56 Å². The van der Waals surface area contributed by atoms with Gasteiger partial charge >= 0.3 is 0 Å². The minimum Gasteiger partial charge on any atom is -0.322 e. The van der Waals surface area contributed by atoms with Crippen LogP contribution in [0, 0.1) is 6.92 Å². The highest BCUT2D eigenvalue weighted by atomic mass is 16.1. The minimum absolute atomic E-state index is 0.104. The van der Waals surface area contributed by atoms with E-state index in [2.05, 4.69) is 79.7 Å². The highest BCUT2D eigenvalue weighted by Crippen LogP contribution is 2.28. The van der Waals surface area contributed by atoms with Gasteiger partial charge in [0.15, 0.2) is 5.82 Å². The van der Waals surface area contributed by atoms with Crippen LogP contribution >= 0.6 is 0 Å². The third kappa shape index (κ3) is 5.14. The molecule has 1 aliphatic rings. The molecule has 0 radical (unpaired) electrons. The van der Waals surface area contributed by atoms with Gasteiger partial charge in [-0.1, -0.05) is 72.3 Å². The number of aromatic nitrogens is 5. The maximum atomic E-state index is 13.5. The molecule has 0 saturated carbocycles. The van der Waals surface area contributed by atoms with Crippen molar-refractivity contribution < 1.29 is 0 Å². The van der Waals surface area contributed by atoms with E-state index < -0.39 is 0 Å². The zero-order valence-electron chi connectivity index (χ0n) is 21.5. The van der Waals surface area contributed by atoms with Gasteiger partial charge in [-0.2, -0.15) is 0 Å². The Hall–Kier alpha value is -4.14. The monoisotopic (exact) mass is 505 g/mol. The number of hydrogen-bond acceptors (Lipinski definition) is 6. The molecule has 3 heterocycles. The molecule has 1 saturated heterocycles. The summed E-state index contributed by atoms with van der Waals surface area (Å²) in [5.74, 6) is 0.683. The Bertz CT molecular complexity index is 1570. The van der Waals surface area contributed by atoms with Gasteiger partial charge in [-0.15, -0.1) is 5.10 Å². The average molecular weight is 506 g/mol.